The van der Waals surface area contributed by atoms with Crippen LogP contribution in [0.1, 0.15) is 36.8 Å². The Morgan fingerprint density at radius 1 is 1.15 bits per heavy atom. The van der Waals surface area contributed by atoms with E-state index in [1.165, 1.54) is 0 Å². The number of amides is 1. The summed E-state index contributed by atoms with van der Waals surface area (Å²) in [6.45, 7) is 2.46. The quantitative estimate of drug-likeness (QED) is 0.287. The van der Waals surface area contributed by atoms with E-state index in [1.807, 2.05) is 62.8 Å². The van der Waals surface area contributed by atoms with Gasteiger partial charge in [0.05, 0.1) is 25.4 Å². The number of nitrogens with zero attached hydrogens (tertiary/aromatic N) is 2. The van der Waals surface area contributed by atoms with Crippen LogP contribution in [0.2, 0.25) is 0 Å². The summed E-state index contributed by atoms with van der Waals surface area (Å²) in [4.78, 5) is 28.5. The summed E-state index contributed by atoms with van der Waals surface area (Å²) in [5.41, 5.74) is 4.92. The van der Waals surface area contributed by atoms with E-state index >= 15 is 0 Å². The standard InChI is InChI=1S/C26H31N3O4/c1-19-13-25(32-3)26(33-12-6-4-5-11-30)15-24(19)28-16-23-14-21(17-29(23)18-31)20-7-9-22(27-2)10-8-20/h7-11,13,15-18,23,27H,4-6,12,14H2,1-3H3/b28-16-. The van der Waals surface area contributed by atoms with Gasteiger partial charge in [0.25, 0.3) is 0 Å². The fraction of sp³-hybridized carbons (Fsp3) is 0.346. The molecule has 0 saturated heterocycles. The molecule has 1 amide bonds. The number of ether oxygens (including phenoxy) is 2. The number of carbonyl (C=O) groups is 2. The van der Waals surface area contributed by atoms with Crippen LogP contribution in [-0.4, -0.2) is 50.6 Å². The summed E-state index contributed by atoms with van der Waals surface area (Å²) >= 11 is 0. The maximum absolute atomic E-state index is 11.7. The van der Waals surface area contributed by atoms with E-state index in [0.717, 1.165) is 53.6 Å². The van der Waals surface area contributed by atoms with Gasteiger partial charge in [0.1, 0.15) is 6.29 Å². The second kappa shape index (κ2) is 11.9. The predicted octanol–water partition coefficient (Wildman–Crippen LogP) is 4.77. The minimum atomic E-state index is -0.157. The lowest BCUT2D eigenvalue weighted by Crippen LogP contribution is -2.26. The first-order valence-corrected chi connectivity index (χ1v) is 11.1. The SMILES string of the molecule is CNc1ccc(C2=CN(C=O)C(/C=N\c3cc(OCCCCC=O)c(OC)cc3C)C2)cc1. The molecular weight excluding hydrogens is 418 g/mol. The molecule has 0 aromatic heterocycles. The number of aliphatic imine (C=N–C) groups is 1. The number of anilines is 1. The molecule has 1 aliphatic heterocycles. The number of rotatable bonds is 12. The lowest BCUT2D eigenvalue weighted by atomic mass is 10.0. The number of benzene rings is 2. The molecule has 1 unspecified atom stereocenters. The van der Waals surface area contributed by atoms with Crippen LogP contribution < -0.4 is 14.8 Å². The fourth-order valence-electron chi connectivity index (χ4n) is 3.68. The van der Waals surface area contributed by atoms with E-state index in [2.05, 4.69) is 10.3 Å². The number of aryl methyl sites for hydroxylation is 1. The number of hydrogen-bond acceptors (Lipinski definition) is 6. The van der Waals surface area contributed by atoms with Crippen molar-refractivity contribution >= 4 is 35.9 Å². The Kier molecular flexibility index (Phi) is 8.63. The van der Waals surface area contributed by atoms with Crippen LogP contribution in [0.15, 0.2) is 47.6 Å². The van der Waals surface area contributed by atoms with E-state index < -0.39 is 0 Å². The van der Waals surface area contributed by atoms with Gasteiger partial charge in [0.2, 0.25) is 6.41 Å². The molecule has 0 fully saturated rings. The number of methoxy groups -OCH3 is 1. The predicted molar refractivity (Wildman–Crippen MR) is 132 cm³/mol. The van der Waals surface area contributed by atoms with Gasteiger partial charge in [-0.3, -0.25) is 9.79 Å². The number of aldehydes is 1. The van der Waals surface area contributed by atoms with Crippen molar-refractivity contribution in [1.29, 1.82) is 0 Å². The van der Waals surface area contributed by atoms with E-state index in [9.17, 15) is 9.59 Å². The molecule has 2 aromatic carbocycles. The highest BCUT2D eigenvalue weighted by molar-refractivity contribution is 5.82. The maximum Gasteiger partial charge on any atom is 0.214 e. The van der Waals surface area contributed by atoms with Crippen molar-refractivity contribution in [2.75, 3.05) is 26.1 Å². The molecule has 0 saturated carbocycles. The zero-order chi connectivity index (χ0) is 23.6. The van der Waals surface area contributed by atoms with Gasteiger partial charge in [-0.2, -0.15) is 0 Å². The van der Waals surface area contributed by atoms with Gasteiger partial charge in [-0.05, 0) is 54.7 Å². The highest BCUT2D eigenvalue weighted by Gasteiger charge is 2.23. The third-order valence-electron chi connectivity index (χ3n) is 5.62. The summed E-state index contributed by atoms with van der Waals surface area (Å²) in [6.07, 6.45) is 8.25. The zero-order valence-corrected chi connectivity index (χ0v) is 19.4. The van der Waals surface area contributed by atoms with E-state index in [4.69, 9.17) is 9.47 Å². The third kappa shape index (κ3) is 6.22. The van der Waals surface area contributed by atoms with Crippen LogP contribution in [0.3, 0.4) is 0 Å². The fourth-order valence-corrected chi connectivity index (χ4v) is 3.68. The largest absolute Gasteiger partial charge is 0.493 e. The van der Waals surface area contributed by atoms with E-state index in [-0.39, 0.29) is 6.04 Å². The Hall–Kier alpha value is -3.61. The molecule has 1 atom stereocenters. The zero-order valence-electron chi connectivity index (χ0n) is 19.4. The lowest BCUT2D eigenvalue weighted by molar-refractivity contribution is -0.116. The second-order valence-electron chi connectivity index (χ2n) is 7.88. The van der Waals surface area contributed by atoms with Crippen LogP contribution in [0, 0.1) is 6.92 Å². The summed E-state index contributed by atoms with van der Waals surface area (Å²) < 4.78 is 11.3. The molecule has 0 bridgehead atoms. The Morgan fingerprint density at radius 2 is 1.94 bits per heavy atom. The third-order valence-corrected chi connectivity index (χ3v) is 5.62. The van der Waals surface area contributed by atoms with Crippen molar-refractivity contribution < 1.29 is 19.1 Å². The number of nitrogens with one attached hydrogen (secondary N) is 1. The summed E-state index contributed by atoms with van der Waals surface area (Å²) in [5, 5.41) is 3.11. The molecule has 7 heteroatoms. The summed E-state index contributed by atoms with van der Waals surface area (Å²) in [6, 6.07) is 11.7. The van der Waals surface area contributed by atoms with Crippen molar-refractivity contribution in [2.45, 2.75) is 38.6 Å². The maximum atomic E-state index is 11.7. The van der Waals surface area contributed by atoms with Crippen LogP contribution >= 0.6 is 0 Å². The van der Waals surface area contributed by atoms with Crippen LogP contribution in [0.5, 0.6) is 11.5 Å². The Labute approximate surface area is 195 Å². The molecule has 33 heavy (non-hydrogen) atoms. The summed E-state index contributed by atoms with van der Waals surface area (Å²) in [5.74, 6) is 1.26. The lowest BCUT2D eigenvalue weighted by Gasteiger charge is -2.15. The molecule has 2 aromatic rings. The van der Waals surface area contributed by atoms with Crippen molar-refractivity contribution in [2.24, 2.45) is 4.99 Å². The first kappa shape index (κ1) is 24.0. The van der Waals surface area contributed by atoms with Crippen molar-refractivity contribution in [3.8, 4) is 11.5 Å². The molecule has 1 heterocycles. The molecule has 0 spiro atoms. The van der Waals surface area contributed by atoms with Crippen LogP contribution in [0.4, 0.5) is 11.4 Å². The average molecular weight is 450 g/mol. The first-order chi connectivity index (χ1) is 16.1. The molecule has 0 aliphatic carbocycles. The van der Waals surface area contributed by atoms with Crippen LogP contribution in [-0.2, 0) is 9.59 Å². The first-order valence-electron chi connectivity index (χ1n) is 11.1. The monoisotopic (exact) mass is 449 g/mol. The number of carbonyl (C=O) groups excluding carboxylic acids is 2. The number of unbranched alkanes of at least 4 members (excludes halogenated alkanes) is 2. The molecule has 1 aliphatic rings. The Morgan fingerprint density at radius 3 is 2.61 bits per heavy atom. The van der Waals surface area contributed by atoms with E-state index in [1.54, 1.807) is 12.0 Å². The topological polar surface area (TPSA) is 80.2 Å². The second-order valence-corrected chi connectivity index (χ2v) is 7.88. The average Bonchev–Trinajstić information content (AvgIpc) is 3.27. The van der Waals surface area contributed by atoms with Gasteiger partial charge < -0.3 is 24.5 Å². The number of hydrogen-bond donors (Lipinski definition) is 1. The minimum absolute atomic E-state index is 0.157. The Balaban J connectivity index is 1.72. The molecule has 0 radical (unpaired) electrons. The molecule has 1 N–H and O–H groups in total. The molecule has 7 nitrogen and oxygen atoms in total. The van der Waals surface area contributed by atoms with Gasteiger partial charge in [0, 0.05) is 44.1 Å². The smallest absolute Gasteiger partial charge is 0.214 e. The molecule has 174 valence electrons. The highest BCUT2D eigenvalue weighted by atomic mass is 16.5. The van der Waals surface area contributed by atoms with Crippen LogP contribution in [0.25, 0.3) is 5.57 Å². The van der Waals surface area contributed by atoms with Crippen molar-refractivity contribution in [1.82, 2.24) is 4.90 Å². The minimum Gasteiger partial charge on any atom is -0.493 e. The van der Waals surface area contributed by atoms with Crippen molar-refractivity contribution in [3.05, 3.63) is 53.7 Å². The van der Waals surface area contributed by atoms with Gasteiger partial charge in [-0.15, -0.1) is 0 Å². The Bertz CT molecular complexity index is 1010. The molecular formula is C26H31N3O4. The normalized spacial score (nSPS) is 15.4. The van der Waals surface area contributed by atoms with Gasteiger partial charge >= 0.3 is 0 Å². The van der Waals surface area contributed by atoms with Crippen molar-refractivity contribution in [3.63, 3.8) is 0 Å². The highest BCUT2D eigenvalue weighted by Crippen LogP contribution is 2.35. The molecule has 3 rings (SSSR count). The van der Waals surface area contributed by atoms with Gasteiger partial charge in [-0.25, -0.2) is 0 Å². The van der Waals surface area contributed by atoms with E-state index in [0.29, 0.717) is 30.9 Å². The summed E-state index contributed by atoms with van der Waals surface area (Å²) in [7, 11) is 3.49. The van der Waals surface area contributed by atoms with Gasteiger partial charge in [0.15, 0.2) is 11.5 Å². The van der Waals surface area contributed by atoms with Gasteiger partial charge in [-0.1, -0.05) is 12.1 Å².